The van der Waals surface area contributed by atoms with Gasteiger partial charge in [-0.25, -0.2) is 4.98 Å². The molecule has 0 atom stereocenters. The maximum Gasteiger partial charge on any atom is 0.269 e. The number of aromatic nitrogens is 1. The highest BCUT2D eigenvalue weighted by atomic mass is 32.2. The van der Waals surface area contributed by atoms with E-state index in [0.29, 0.717) is 5.56 Å². The zero-order chi connectivity index (χ0) is 20.1. The van der Waals surface area contributed by atoms with Gasteiger partial charge in [0.25, 0.3) is 5.91 Å². The highest BCUT2D eigenvalue weighted by Crippen LogP contribution is 2.26. The number of carbonyl (C=O) groups is 2. The first kappa shape index (κ1) is 19.9. The van der Waals surface area contributed by atoms with Gasteiger partial charge in [-0.15, -0.1) is 0 Å². The minimum absolute atomic E-state index is 0.172. The number of rotatable bonds is 5. The summed E-state index contributed by atoms with van der Waals surface area (Å²) in [5.41, 5.74) is 9.66. The van der Waals surface area contributed by atoms with Crippen LogP contribution in [0.4, 0.5) is 0 Å². The van der Waals surface area contributed by atoms with Crippen LogP contribution in [0.15, 0.2) is 53.6 Å². The summed E-state index contributed by atoms with van der Waals surface area (Å²) < 4.78 is 0. The summed E-state index contributed by atoms with van der Waals surface area (Å²) in [6, 6.07) is 15.5. The Morgan fingerprint density at radius 1 is 0.964 bits per heavy atom. The largest absolute Gasteiger partial charge is 0.272 e. The summed E-state index contributed by atoms with van der Waals surface area (Å²) in [6.45, 7) is 6.06. The second-order valence-corrected chi connectivity index (χ2v) is 7.62. The number of pyridine rings is 1. The molecule has 6 heteroatoms. The highest BCUT2D eigenvalue weighted by Gasteiger charge is 2.11. The molecule has 1 heterocycles. The molecule has 0 aliphatic rings. The third-order valence-electron chi connectivity index (χ3n) is 4.36. The average molecular weight is 394 g/mol. The molecule has 0 radical (unpaired) electrons. The van der Waals surface area contributed by atoms with Crippen molar-refractivity contribution in [2.75, 3.05) is 5.75 Å². The van der Waals surface area contributed by atoms with Gasteiger partial charge < -0.3 is 0 Å². The fourth-order valence-electron chi connectivity index (χ4n) is 2.76. The van der Waals surface area contributed by atoms with Crippen LogP contribution in [0.25, 0.3) is 10.9 Å². The molecule has 2 N–H and O–H groups in total. The molecule has 0 fully saturated rings. The maximum atomic E-state index is 12.1. The lowest BCUT2D eigenvalue weighted by molar-refractivity contribution is -0.119. The van der Waals surface area contributed by atoms with Gasteiger partial charge in [-0.3, -0.25) is 20.4 Å². The van der Waals surface area contributed by atoms with E-state index in [1.54, 1.807) is 12.1 Å². The van der Waals surface area contributed by atoms with E-state index >= 15 is 0 Å². The van der Waals surface area contributed by atoms with Gasteiger partial charge in [-0.05, 0) is 55.7 Å². The lowest BCUT2D eigenvalue weighted by atomic mass is 10.1. The van der Waals surface area contributed by atoms with Crippen molar-refractivity contribution in [3.63, 3.8) is 0 Å². The fourth-order valence-corrected chi connectivity index (χ4v) is 3.65. The smallest absolute Gasteiger partial charge is 0.269 e. The van der Waals surface area contributed by atoms with Gasteiger partial charge in [-0.2, -0.15) is 0 Å². The molecule has 0 spiro atoms. The van der Waals surface area contributed by atoms with Crippen LogP contribution in [-0.4, -0.2) is 22.6 Å². The molecule has 3 rings (SSSR count). The monoisotopic (exact) mass is 393 g/mol. The molecule has 0 saturated heterocycles. The zero-order valence-electron chi connectivity index (χ0n) is 16.2. The summed E-state index contributed by atoms with van der Waals surface area (Å²) >= 11 is 1.38. The minimum atomic E-state index is -0.341. The number of amides is 2. The van der Waals surface area contributed by atoms with E-state index in [4.69, 9.17) is 4.98 Å². The number of carbonyl (C=O) groups excluding carboxylic acids is 2. The number of aryl methyl sites for hydroxylation is 3. The number of thioether (sulfide) groups is 1. The number of nitrogens with zero attached hydrogens (tertiary/aromatic N) is 1. The fraction of sp³-hybridized carbons (Fsp3) is 0.227. The quantitative estimate of drug-likeness (QED) is 0.508. The second-order valence-electron chi connectivity index (χ2n) is 6.66. The van der Waals surface area contributed by atoms with E-state index in [9.17, 15) is 9.59 Å². The van der Waals surface area contributed by atoms with Crippen LogP contribution in [0, 0.1) is 13.8 Å². The number of nitrogens with one attached hydrogen (secondary N) is 2. The molecular weight excluding hydrogens is 370 g/mol. The Bertz CT molecular complexity index is 1020. The van der Waals surface area contributed by atoms with Gasteiger partial charge >= 0.3 is 0 Å². The van der Waals surface area contributed by atoms with E-state index in [1.165, 1.54) is 11.8 Å². The number of hydrazine groups is 1. The Hall–Kier alpha value is -2.86. The van der Waals surface area contributed by atoms with E-state index in [0.717, 1.165) is 39.0 Å². The number of fused-ring (bicyclic) bond motifs is 1. The molecule has 28 heavy (non-hydrogen) atoms. The molecule has 2 aromatic carbocycles. The zero-order valence-corrected chi connectivity index (χ0v) is 17.0. The standard InChI is InChI=1S/C22H23N3O2S/c1-4-16-12-18-10-7-15(3)11-19(18)23-22(16)28-13-20(26)24-25-21(27)17-8-5-14(2)6-9-17/h5-12H,4,13H2,1-3H3,(H,24,26)(H,25,27). The summed E-state index contributed by atoms with van der Waals surface area (Å²) in [4.78, 5) is 28.9. The van der Waals surface area contributed by atoms with Crippen molar-refractivity contribution in [1.29, 1.82) is 0 Å². The van der Waals surface area contributed by atoms with Gasteiger partial charge in [0.2, 0.25) is 5.91 Å². The molecule has 0 bridgehead atoms. The maximum absolute atomic E-state index is 12.1. The van der Waals surface area contributed by atoms with Gasteiger partial charge in [-0.1, -0.05) is 48.5 Å². The van der Waals surface area contributed by atoms with Crippen LogP contribution < -0.4 is 10.9 Å². The van der Waals surface area contributed by atoms with Crippen LogP contribution in [0.1, 0.15) is 34.0 Å². The number of hydrogen-bond donors (Lipinski definition) is 2. The van der Waals surface area contributed by atoms with Crippen molar-refractivity contribution in [2.45, 2.75) is 32.2 Å². The van der Waals surface area contributed by atoms with Crippen LogP contribution in [0.3, 0.4) is 0 Å². The molecule has 1 aromatic heterocycles. The van der Waals surface area contributed by atoms with Crippen molar-refractivity contribution >= 4 is 34.5 Å². The topological polar surface area (TPSA) is 71.1 Å². The van der Waals surface area contributed by atoms with Crippen molar-refractivity contribution in [2.24, 2.45) is 0 Å². The normalized spacial score (nSPS) is 10.7. The van der Waals surface area contributed by atoms with Gasteiger partial charge in [0.1, 0.15) is 5.03 Å². The summed E-state index contributed by atoms with van der Waals surface area (Å²) in [7, 11) is 0. The first-order valence-corrected chi connectivity index (χ1v) is 10.1. The van der Waals surface area contributed by atoms with Crippen molar-refractivity contribution in [3.8, 4) is 0 Å². The number of hydrogen-bond acceptors (Lipinski definition) is 4. The van der Waals surface area contributed by atoms with Crippen LogP contribution >= 0.6 is 11.8 Å². The van der Waals surface area contributed by atoms with Crippen molar-refractivity contribution in [1.82, 2.24) is 15.8 Å². The minimum Gasteiger partial charge on any atom is -0.272 e. The van der Waals surface area contributed by atoms with Crippen molar-refractivity contribution < 1.29 is 9.59 Å². The molecule has 144 valence electrons. The SMILES string of the molecule is CCc1cc2ccc(C)cc2nc1SCC(=O)NNC(=O)c1ccc(C)cc1. The second kappa shape index (κ2) is 8.89. The molecule has 3 aromatic rings. The van der Waals surface area contributed by atoms with E-state index in [-0.39, 0.29) is 17.6 Å². The molecule has 0 saturated carbocycles. The van der Waals surface area contributed by atoms with E-state index < -0.39 is 0 Å². The van der Waals surface area contributed by atoms with Gasteiger partial charge in [0.05, 0.1) is 11.3 Å². The Balaban J connectivity index is 1.60. The van der Waals surface area contributed by atoms with Crippen LogP contribution in [-0.2, 0) is 11.2 Å². The summed E-state index contributed by atoms with van der Waals surface area (Å²) in [5.74, 6) is -0.448. The Kier molecular flexibility index (Phi) is 6.31. The third-order valence-corrected chi connectivity index (χ3v) is 5.40. The predicted octanol–water partition coefficient (Wildman–Crippen LogP) is 3.97. The first-order valence-electron chi connectivity index (χ1n) is 9.15. The van der Waals surface area contributed by atoms with Crippen molar-refractivity contribution in [3.05, 3.63) is 70.8 Å². The Labute approximate surface area is 168 Å². The van der Waals surface area contributed by atoms with Gasteiger partial charge in [0.15, 0.2) is 0 Å². The molecular formula is C22H23N3O2S. The summed E-state index contributed by atoms with van der Waals surface area (Å²) in [6.07, 6.45) is 0.838. The molecule has 0 aliphatic heterocycles. The number of benzene rings is 2. The highest BCUT2D eigenvalue weighted by molar-refractivity contribution is 7.99. The van der Waals surface area contributed by atoms with Crippen LogP contribution in [0.5, 0.6) is 0 Å². The molecule has 2 amide bonds. The van der Waals surface area contributed by atoms with Crippen LogP contribution in [0.2, 0.25) is 0 Å². The molecule has 0 unspecified atom stereocenters. The third kappa shape index (κ3) is 4.89. The lowest BCUT2D eigenvalue weighted by Gasteiger charge is -2.10. The first-order chi connectivity index (χ1) is 13.5. The average Bonchev–Trinajstić information content (AvgIpc) is 2.70. The molecule has 5 nitrogen and oxygen atoms in total. The lowest BCUT2D eigenvalue weighted by Crippen LogP contribution is -2.42. The predicted molar refractivity (Wildman–Crippen MR) is 113 cm³/mol. The molecule has 0 aliphatic carbocycles. The van der Waals surface area contributed by atoms with E-state index in [1.807, 2.05) is 32.0 Å². The summed E-state index contributed by atoms with van der Waals surface area (Å²) in [5, 5.41) is 1.95. The Morgan fingerprint density at radius 2 is 1.68 bits per heavy atom. The van der Waals surface area contributed by atoms with E-state index in [2.05, 4.69) is 36.0 Å². The Morgan fingerprint density at radius 3 is 2.39 bits per heavy atom. The van der Waals surface area contributed by atoms with Gasteiger partial charge in [0, 0.05) is 10.9 Å².